The lowest BCUT2D eigenvalue weighted by molar-refractivity contribution is 0.200. The van der Waals surface area contributed by atoms with E-state index in [4.69, 9.17) is 23.2 Å². The van der Waals surface area contributed by atoms with Gasteiger partial charge in [0.2, 0.25) is 0 Å². The first-order chi connectivity index (χ1) is 7.56. The molecular formula is C12H13Cl2NO. The summed E-state index contributed by atoms with van der Waals surface area (Å²) in [5.74, 6) is 0. The number of nitrogens with zero attached hydrogens (tertiary/aromatic N) is 1. The lowest BCUT2D eigenvalue weighted by atomic mass is 10.1. The second-order valence-electron chi connectivity index (χ2n) is 3.79. The van der Waals surface area contributed by atoms with Gasteiger partial charge in [-0.05, 0) is 26.0 Å². The van der Waals surface area contributed by atoms with Crippen LogP contribution in [0.1, 0.15) is 25.5 Å². The van der Waals surface area contributed by atoms with Crippen molar-refractivity contribution in [2.45, 2.75) is 26.5 Å². The topological polar surface area (TPSA) is 25.2 Å². The summed E-state index contributed by atoms with van der Waals surface area (Å²) in [6.45, 7) is 4.48. The maximum absolute atomic E-state index is 9.75. The van der Waals surface area contributed by atoms with Gasteiger partial charge in [-0.3, -0.25) is 0 Å². The smallest absolute Gasteiger partial charge is 0.115 e. The average Bonchev–Trinajstić information content (AvgIpc) is 2.49. The second kappa shape index (κ2) is 4.28. The minimum absolute atomic E-state index is 0.580. The van der Waals surface area contributed by atoms with Crippen molar-refractivity contribution in [3.63, 3.8) is 0 Å². The van der Waals surface area contributed by atoms with Crippen molar-refractivity contribution in [1.82, 2.24) is 4.57 Å². The molecule has 1 aromatic carbocycles. The highest BCUT2D eigenvalue weighted by atomic mass is 35.5. The molecule has 4 heteroatoms. The van der Waals surface area contributed by atoms with E-state index in [0.717, 1.165) is 23.0 Å². The molecular weight excluding hydrogens is 245 g/mol. The van der Waals surface area contributed by atoms with Gasteiger partial charge in [0.1, 0.15) is 5.15 Å². The Kier molecular flexibility index (Phi) is 3.15. The van der Waals surface area contributed by atoms with Gasteiger partial charge in [-0.25, -0.2) is 0 Å². The summed E-state index contributed by atoms with van der Waals surface area (Å²) in [4.78, 5) is 0. The number of aliphatic hydroxyl groups excluding tert-OH is 1. The van der Waals surface area contributed by atoms with Crippen LogP contribution in [0.4, 0.5) is 0 Å². The summed E-state index contributed by atoms with van der Waals surface area (Å²) in [5.41, 5.74) is 1.74. The van der Waals surface area contributed by atoms with Crippen molar-refractivity contribution in [2.75, 3.05) is 0 Å². The zero-order valence-corrected chi connectivity index (χ0v) is 10.7. The Bertz CT molecular complexity index is 531. The molecule has 0 aliphatic carbocycles. The van der Waals surface area contributed by atoms with Gasteiger partial charge in [-0.2, -0.15) is 0 Å². The van der Waals surface area contributed by atoms with Gasteiger partial charge in [0.15, 0.2) is 0 Å². The van der Waals surface area contributed by atoms with E-state index in [9.17, 15) is 5.11 Å². The van der Waals surface area contributed by atoms with E-state index in [0.29, 0.717) is 10.2 Å². The van der Waals surface area contributed by atoms with E-state index in [-0.39, 0.29) is 0 Å². The summed E-state index contributed by atoms with van der Waals surface area (Å²) in [5, 5.41) is 12.0. The van der Waals surface area contributed by atoms with Gasteiger partial charge in [-0.1, -0.05) is 29.3 Å². The van der Waals surface area contributed by atoms with Crippen molar-refractivity contribution in [3.8, 4) is 0 Å². The molecule has 0 spiro atoms. The van der Waals surface area contributed by atoms with Crippen LogP contribution in [0.25, 0.3) is 10.9 Å². The lowest BCUT2D eigenvalue weighted by Crippen LogP contribution is -1.95. The molecule has 0 amide bonds. The number of rotatable bonds is 2. The number of aryl methyl sites for hydroxylation is 1. The molecule has 0 fully saturated rings. The fourth-order valence-electron chi connectivity index (χ4n) is 2.02. The molecule has 0 saturated carbocycles. The Morgan fingerprint density at radius 2 is 2.06 bits per heavy atom. The Balaban J connectivity index is 2.86. The highest BCUT2D eigenvalue weighted by molar-refractivity contribution is 6.33. The molecule has 1 atom stereocenters. The first-order valence-electron chi connectivity index (χ1n) is 5.21. The first kappa shape index (κ1) is 11.8. The molecule has 1 unspecified atom stereocenters. The Labute approximate surface area is 104 Å². The van der Waals surface area contributed by atoms with Crippen LogP contribution < -0.4 is 0 Å². The minimum atomic E-state index is -0.580. The highest BCUT2D eigenvalue weighted by Crippen LogP contribution is 2.35. The molecule has 2 aromatic rings. The maximum Gasteiger partial charge on any atom is 0.115 e. The van der Waals surface area contributed by atoms with Crippen LogP contribution in [0.5, 0.6) is 0 Å². The van der Waals surface area contributed by atoms with Gasteiger partial charge < -0.3 is 9.67 Å². The van der Waals surface area contributed by atoms with Crippen LogP contribution in [-0.2, 0) is 6.54 Å². The molecule has 86 valence electrons. The predicted octanol–water partition coefficient (Wildman–Crippen LogP) is 4.02. The quantitative estimate of drug-likeness (QED) is 0.864. The van der Waals surface area contributed by atoms with Crippen molar-refractivity contribution in [3.05, 3.63) is 33.9 Å². The molecule has 0 bridgehead atoms. The van der Waals surface area contributed by atoms with E-state index in [1.165, 1.54) is 0 Å². The molecule has 1 heterocycles. The van der Waals surface area contributed by atoms with Gasteiger partial charge in [0.25, 0.3) is 0 Å². The second-order valence-corrected chi connectivity index (χ2v) is 4.58. The third kappa shape index (κ3) is 1.71. The van der Waals surface area contributed by atoms with Crippen LogP contribution >= 0.6 is 23.2 Å². The average molecular weight is 258 g/mol. The maximum atomic E-state index is 9.75. The largest absolute Gasteiger partial charge is 0.389 e. The Morgan fingerprint density at radius 3 is 2.62 bits per heavy atom. The van der Waals surface area contributed by atoms with Crippen molar-refractivity contribution in [2.24, 2.45) is 0 Å². The molecule has 1 aromatic heterocycles. The summed E-state index contributed by atoms with van der Waals surface area (Å²) >= 11 is 12.2. The van der Waals surface area contributed by atoms with Crippen molar-refractivity contribution < 1.29 is 5.11 Å². The van der Waals surface area contributed by atoms with Crippen molar-refractivity contribution >= 4 is 34.1 Å². The van der Waals surface area contributed by atoms with Crippen LogP contribution in [0, 0.1) is 0 Å². The number of aromatic nitrogens is 1. The fraction of sp³-hybridized carbons (Fsp3) is 0.333. The summed E-state index contributed by atoms with van der Waals surface area (Å²) < 4.78 is 1.95. The zero-order chi connectivity index (χ0) is 11.9. The predicted molar refractivity (Wildman–Crippen MR) is 68.3 cm³/mol. The zero-order valence-electron chi connectivity index (χ0n) is 9.17. The van der Waals surface area contributed by atoms with E-state index in [1.54, 1.807) is 6.92 Å². The van der Waals surface area contributed by atoms with Gasteiger partial charge in [-0.15, -0.1) is 0 Å². The fourth-order valence-corrected chi connectivity index (χ4v) is 2.66. The molecule has 0 aliphatic heterocycles. The molecule has 0 saturated heterocycles. The lowest BCUT2D eigenvalue weighted by Gasteiger charge is -2.04. The van der Waals surface area contributed by atoms with E-state index >= 15 is 0 Å². The summed E-state index contributed by atoms with van der Waals surface area (Å²) in [7, 11) is 0. The van der Waals surface area contributed by atoms with Crippen LogP contribution in [0.3, 0.4) is 0 Å². The number of halogens is 2. The number of hydrogen-bond acceptors (Lipinski definition) is 1. The number of fused-ring (bicyclic) bond motifs is 1. The number of benzene rings is 1. The standard InChI is InChI=1S/C12H13Cl2NO/c1-3-15-10-6-8(13)4-5-9(10)11(7(2)16)12(15)14/h4-7,16H,3H2,1-2H3. The molecule has 0 radical (unpaired) electrons. The molecule has 0 aliphatic rings. The number of hydrogen-bond donors (Lipinski definition) is 1. The summed E-state index contributed by atoms with van der Waals surface area (Å²) in [6.07, 6.45) is -0.580. The van der Waals surface area contributed by atoms with E-state index < -0.39 is 6.10 Å². The summed E-state index contributed by atoms with van der Waals surface area (Å²) in [6, 6.07) is 5.59. The highest BCUT2D eigenvalue weighted by Gasteiger charge is 2.18. The molecule has 16 heavy (non-hydrogen) atoms. The van der Waals surface area contributed by atoms with Crippen LogP contribution in [0.15, 0.2) is 18.2 Å². The minimum Gasteiger partial charge on any atom is -0.389 e. The van der Waals surface area contributed by atoms with E-state index in [1.807, 2.05) is 29.7 Å². The van der Waals surface area contributed by atoms with Crippen molar-refractivity contribution in [1.29, 1.82) is 0 Å². The monoisotopic (exact) mass is 257 g/mol. The Morgan fingerprint density at radius 1 is 1.38 bits per heavy atom. The normalized spacial score (nSPS) is 13.3. The van der Waals surface area contributed by atoms with Crippen LogP contribution in [0.2, 0.25) is 10.2 Å². The van der Waals surface area contributed by atoms with E-state index in [2.05, 4.69) is 0 Å². The Hall–Kier alpha value is -0.700. The van der Waals surface area contributed by atoms with Gasteiger partial charge in [0.05, 0.1) is 11.6 Å². The molecule has 2 nitrogen and oxygen atoms in total. The first-order valence-corrected chi connectivity index (χ1v) is 5.97. The van der Waals surface area contributed by atoms with Gasteiger partial charge >= 0.3 is 0 Å². The number of aliphatic hydroxyl groups is 1. The SMILES string of the molecule is CCn1c(Cl)c(C(C)O)c2ccc(Cl)cc21. The third-order valence-corrected chi connectivity index (χ3v) is 3.38. The van der Waals surface area contributed by atoms with Gasteiger partial charge in [0, 0.05) is 22.5 Å². The third-order valence-electron chi connectivity index (χ3n) is 2.73. The molecule has 2 rings (SSSR count). The van der Waals surface area contributed by atoms with Crippen LogP contribution in [-0.4, -0.2) is 9.67 Å². The molecule has 1 N–H and O–H groups in total.